The van der Waals surface area contributed by atoms with Crippen LogP contribution in [-0.2, 0) is 27.8 Å². The number of aryl methyl sites for hydroxylation is 3. The predicted molar refractivity (Wildman–Crippen MR) is 117 cm³/mol. The normalized spacial score (nSPS) is 11.8. The molecule has 0 aliphatic rings. The van der Waals surface area contributed by atoms with Crippen LogP contribution in [0, 0.1) is 27.7 Å². The number of H-pyrrole nitrogens is 1. The van der Waals surface area contributed by atoms with Crippen molar-refractivity contribution < 1.29 is 22.4 Å². The molecule has 0 fully saturated rings. The molecule has 3 aromatic rings. The zero-order valence-corrected chi connectivity index (χ0v) is 19.3. The molecule has 3 rings (SSSR count). The van der Waals surface area contributed by atoms with Crippen LogP contribution < -0.4 is 0 Å². The first kappa shape index (κ1) is 22.8. The molecule has 0 aliphatic heterocycles. The monoisotopic (exact) mass is 444 g/mol. The third-order valence-electron chi connectivity index (χ3n) is 5.44. The van der Waals surface area contributed by atoms with E-state index >= 15 is 0 Å². The summed E-state index contributed by atoms with van der Waals surface area (Å²) in [5, 5.41) is 0. The largest absolute Gasteiger partial charge is 0.468 e. The highest BCUT2D eigenvalue weighted by Crippen LogP contribution is 2.27. The van der Waals surface area contributed by atoms with E-state index in [-0.39, 0.29) is 24.6 Å². The van der Waals surface area contributed by atoms with Gasteiger partial charge in [-0.15, -0.1) is 0 Å². The summed E-state index contributed by atoms with van der Waals surface area (Å²) < 4.78 is 39.1. The lowest BCUT2D eigenvalue weighted by molar-refractivity contribution is 0.0519. The van der Waals surface area contributed by atoms with E-state index in [0.29, 0.717) is 17.0 Å². The van der Waals surface area contributed by atoms with E-state index in [2.05, 4.69) is 4.98 Å². The van der Waals surface area contributed by atoms with E-state index in [9.17, 15) is 13.2 Å². The Hall–Kier alpha value is -2.84. The molecule has 0 spiro atoms. The van der Waals surface area contributed by atoms with E-state index in [4.69, 9.17) is 9.15 Å². The fourth-order valence-electron chi connectivity index (χ4n) is 3.44. The summed E-state index contributed by atoms with van der Waals surface area (Å²) >= 11 is 0. The molecule has 2 aromatic heterocycles. The number of carbonyl (C=O) groups excluding carboxylic acids is 1. The minimum atomic E-state index is -3.83. The average molecular weight is 445 g/mol. The summed E-state index contributed by atoms with van der Waals surface area (Å²) in [5.41, 5.74) is 4.40. The minimum Gasteiger partial charge on any atom is -0.468 e. The Morgan fingerprint density at radius 2 is 1.84 bits per heavy atom. The van der Waals surface area contributed by atoms with Crippen molar-refractivity contribution in [2.45, 2.75) is 52.6 Å². The number of aromatic amines is 1. The number of furan rings is 1. The summed E-state index contributed by atoms with van der Waals surface area (Å²) in [4.78, 5) is 15.5. The van der Waals surface area contributed by atoms with Crippen LogP contribution in [0.15, 0.2) is 45.9 Å². The van der Waals surface area contributed by atoms with Gasteiger partial charge in [-0.1, -0.05) is 6.07 Å². The number of hydrogen-bond donors (Lipinski definition) is 1. The van der Waals surface area contributed by atoms with Gasteiger partial charge in [-0.2, -0.15) is 4.31 Å². The Kier molecular flexibility index (Phi) is 6.71. The molecule has 1 aromatic carbocycles. The van der Waals surface area contributed by atoms with Crippen molar-refractivity contribution in [3.63, 3.8) is 0 Å². The molecule has 8 heteroatoms. The van der Waals surface area contributed by atoms with Crippen molar-refractivity contribution in [2.24, 2.45) is 0 Å². The molecular formula is C23H28N2O5S. The third-order valence-corrected chi connectivity index (χ3v) is 7.22. The van der Waals surface area contributed by atoms with Gasteiger partial charge >= 0.3 is 5.97 Å². The minimum absolute atomic E-state index is 0.0705. The number of nitrogens with one attached hydrogen (secondary N) is 1. The second-order valence-electron chi connectivity index (χ2n) is 7.55. The van der Waals surface area contributed by atoms with Crippen LogP contribution in [-0.4, -0.2) is 30.3 Å². The first-order valence-corrected chi connectivity index (χ1v) is 11.5. The van der Waals surface area contributed by atoms with Gasteiger partial charge < -0.3 is 14.1 Å². The first-order chi connectivity index (χ1) is 14.6. The molecule has 0 radical (unpaired) electrons. The van der Waals surface area contributed by atoms with Gasteiger partial charge in [-0.05, 0) is 81.1 Å². The molecule has 7 nitrogen and oxygen atoms in total. The number of hydrogen-bond acceptors (Lipinski definition) is 5. The van der Waals surface area contributed by atoms with Crippen LogP contribution in [0.25, 0.3) is 0 Å². The maximum absolute atomic E-state index is 13.6. The molecule has 31 heavy (non-hydrogen) atoms. The summed E-state index contributed by atoms with van der Waals surface area (Å²) in [6, 6.07) is 8.57. The second-order valence-corrected chi connectivity index (χ2v) is 9.49. The van der Waals surface area contributed by atoms with Gasteiger partial charge in [0, 0.05) is 12.2 Å². The number of rotatable bonds is 8. The topological polar surface area (TPSA) is 92.6 Å². The summed E-state index contributed by atoms with van der Waals surface area (Å²) in [5.74, 6) is 0.0767. The Morgan fingerprint density at radius 1 is 1.10 bits per heavy atom. The zero-order valence-electron chi connectivity index (χ0n) is 18.5. The van der Waals surface area contributed by atoms with Crippen LogP contribution in [0.2, 0.25) is 0 Å². The lowest BCUT2D eigenvalue weighted by Crippen LogP contribution is -2.30. The highest BCUT2D eigenvalue weighted by molar-refractivity contribution is 7.89. The standard InChI is InChI=1S/C23H28N2O5S/c1-6-29-23(26)22-17(4)21(18(5)24-22)14-25(13-19-8-7-11-30-19)31(27,28)20-10-9-15(2)16(3)12-20/h7-12,24H,6,13-14H2,1-5H3. The molecule has 0 aliphatic carbocycles. The summed E-state index contributed by atoms with van der Waals surface area (Å²) in [6.45, 7) is 9.60. The predicted octanol–water partition coefficient (Wildman–Crippen LogP) is 4.41. The Morgan fingerprint density at radius 3 is 2.45 bits per heavy atom. The number of benzene rings is 1. The second kappa shape index (κ2) is 9.11. The molecule has 1 N–H and O–H groups in total. The van der Waals surface area contributed by atoms with E-state index in [0.717, 1.165) is 22.4 Å². The molecule has 0 amide bonds. The Bertz CT molecular complexity index is 1180. The average Bonchev–Trinajstić information content (AvgIpc) is 3.32. The van der Waals surface area contributed by atoms with Crippen molar-refractivity contribution in [3.8, 4) is 0 Å². The maximum atomic E-state index is 13.6. The van der Waals surface area contributed by atoms with Crippen molar-refractivity contribution in [1.29, 1.82) is 0 Å². The van der Waals surface area contributed by atoms with Crippen molar-refractivity contribution in [2.75, 3.05) is 6.61 Å². The van der Waals surface area contributed by atoms with Gasteiger partial charge in [0.2, 0.25) is 10.0 Å². The highest BCUT2D eigenvalue weighted by Gasteiger charge is 2.29. The van der Waals surface area contributed by atoms with Crippen molar-refractivity contribution in [1.82, 2.24) is 9.29 Å². The molecule has 0 atom stereocenters. The fraction of sp³-hybridized carbons (Fsp3) is 0.348. The summed E-state index contributed by atoms with van der Waals surface area (Å²) in [7, 11) is -3.83. The van der Waals surface area contributed by atoms with Crippen molar-refractivity contribution in [3.05, 3.63) is 76.0 Å². The Labute approximate surface area is 183 Å². The number of ether oxygens (including phenoxy) is 1. The summed E-state index contributed by atoms with van der Waals surface area (Å²) in [6.07, 6.45) is 1.52. The van der Waals surface area contributed by atoms with Crippen LogP contribution >= 0.6 is 0 Å². The smallest absolute Gasteiger partial charge is 0.355 e. The lowest BCUT2D eigenvalue weighted by atomic mass is 10.1. The van der Waals surface area contributed by atoms with Crippen molar-refractivity contribution >= 4 is 16.0 Å². The van der Waals surface area contributed by atoms with E-state index in [1.165, 1.54) is 10.6 Å². The number of carbonyl (C=O) groups is 1. The number of esters is 1. The van der Waals surface area contributed by atoms with Crippen LogP contribution in [0.5, 0.6) is 0 Å². The quantitative estimate of drug-likeness (QED) is 0.520. The van der Waals surface area contributed by atoms with Crippen LogP contribution in [0.1, 0.15) is 51.1 Å². The third kappa shape index (κ3) is 4.75. The van der Waals surface area contributed by atoms with Gasteiger partial charge in [-0.25, -0.2) is 13.2 Å². The van der Waals surface area contributed by atoms with Gasteiger partial charge in [0.15, 0.2) is 0 Å². The highest BCUT2D eigenvalue weighted by atomic mass is 32.2. The number of nitrogens with zero attached hydrogens (tertiary/aromatic N) is 1. The maximum Gasteiger partial charge on any atom is 0.355 e. The number of sulfonamides is 1. The molecule has 0 unspecified atom stereocenters. The number of aromatic nitrogens is 1. The van der Waals surface area contributed by atoms with Gasteiger partial charge in [0.25, 0.3) is 0 Å². The fourth-order valence-corrected chi connectivity index (χ4v) is 4.90. The van der Waals surface area contributed by atoms with Gasteiger partial charge in [0.05, 0.1) is 24.3 Å². The van der Waals surface area contributed by atoms with Crippen LogP contribution in [0.4, 0.5) is 0 Å². The van der Waals surface area contributed by atoms with E-state index in [1.54, 1.807) is 44.2 Å². The molecule has 2 heterocycles. The van der Waals surface area contributed by atoms with Gasteiger partial charge in [0.1, 0.15) is 11.5 Å². The Balaban J connectivity index is 2.03. The lowest BCUT2D eigenvalue weighted by Gasteiger charge is -2.22. The van der Waals surface area contributed by atoms with Crippen LogP contribution in [0.3, 0.4) is 0 Å². The van der Waals surface area contributed by atoms with Gasteiger partial charge in [-0.3, -0.25) is 0 Å². The molecule has 166 valence electrons. The van der Waals surface area contributed by atoms with E-state index in [1.807, 2.05) is 20.8 Å². The first-order valence-electron chi connectivity index (χ1n) is 10.1. The molecule has 0 bridgehead atoms. The zero-order chi connectivity index (χ0) is 22.8. The van der Waals surface area contributed by atoms with E-state index < -0.39 is 16.0 Å². The SMILES string of the molecule is CCOC(=O)c1[nH]c(C)c(CN(Cc2ccco2)S(=O)(=O)c2ccc(C)c(C)c2)c1C. The molecule has 0 saturated carbocycles. The molecular weight excluding hydrogens is 416 g/mol. The molecule has 0 saturated heterocycles.